The molecule has 0 saturated carbocycles. The molecule has 2 saturated heterocycles. The number of hydrogen-bond acceptors (Lipinski definition) is 4. The molecule has 7 heteroatoms. The lowest BCUT2D eigenvalue weighted by Gasteiger charge is -2.44. The molecular formula is C20H30N2O4S. The van der Waals surface area contributed by atoms with Gasteiger partial charge in [-0.05, 0) is 69.2 Å². The van der Waals surface area contributed by atoms with Crippen molar-refractivity contribution in [2.45, 2.75) is 63.3 Å². The van der Waals surface area contributed by atoms with Crippen LogP contribution in [0.3, 0.4) is 0 Å². The fourth-order valence-electron chi connectivity index (χ4n) is 4.46. The second-order valence-corrected chi connectivity index (χ2v) is 9.53. The van der Waals surface area contributed by atoms with Gasteiger partial charge in [-0.3, -0.25) is 4.79 Å². The van der Waals surface area contributed by atoms with E-state index >= 15 is 0 Å². The Bertz CT molecular complexity index is 835. The van der Waals surface area contributed by atoms with E-state index in [1.54, 1.807) is 12.1 Å². The van der Waals surface area contributed by atoms with Gasteiger partial charge in [0, 0.05) is 19.6 Å². The van der Waals surface area contributed by atoms with Crippen molar-refractivity contribution in [1.29, 1.82) is 0 Å². The first-order valence-electron chi connectivity index (χ1n) is 9.75. The van der Waals surface area contributed by atoms with E-state index in [4.69, 9.17) is 4.74 Å². The minimum Gasteiger partial charge on any atom is -0.495 e. The normalized spacial score (nSPS) is 24.0. The highest BCUT2D eigenvalue weighted by Crippen LogP contribution is 2.43. The molecule has 0 N–H and O–H groups in total. The Morgan fingerprint density at radius 3 is 2.37 bits per heavy atom. The van der Waals surface area contributed by atoms with Gasteiger partial charge in [-0.1, -0.05) is 6.92 Å². The predicted molar refractivity (Wildman–Crippen MR) is 104 cm³/mol. The third-order valence-electron chi connectivity index (χ3n) is 5.97. The first kappa shape index (κ1) is 20.1. The number of piperidine rings is 1. The van der Waals surface area contributed by atoms with Crippen LogP contribution < -0.4 is 4.74 Å². The molecule has 1 aromatic rings. The number of carbonyl (C=O) groups excluding carboxylic acids is 1. The molecule has 1 unspecified atom stereocenters. The molecule has 1 atom stereocenters. The molecule has 0 radical (unpaired) electrons. The van der Waals surface area contributed by atoms with Crippen LogP contribution in [0, 0.1) is 13.8 Å². The second kappa shape index (κ2) is 7.43. The molecule has 2 aliphatic rings. The van der Waals surface area contributed by atoms with Crippen LogP contribution in [-0.2, 0) is 14.8 Å². The fraction of sp³-hybridized carbons (Fsp3) is 0.650. The Balaban J connectivity index is 2.07. The molecule has 0 aliphatic carbocycles. The Labute approximate surface area is 162 Å². The van der Waals surface area contributed by atoms with Gasteiger partial charge in [0.05, 0.1) is 7.11 Å². The number of likely N-dealkylation sites (tertiary alicyclic amines) is 1. The van der Waals surface area contributed by atoms with Crippen LogP contribution in [0.15, 0.2) is 17.0 Å². The number of amides is 1. The standard InChI is InChI=1S/C20H30N2O4S/c1-5-10-21-11-6-8-20(19(21)23)9-7-12-22(20)27(24,25)18-14-16(3)15(2)13-17(18)26-4/h13-14H,5-12H2,1-4H3. The minimum atomic E-state index is -3.84. The zero-order valence-electron chi connectivity index (χ0n) is 16.7. The summed E-state index contributed by atoms with van der Waals surface area (Å²) < 4.78 is 34.1. The van der Waals surface area contributed by atoms with Crippen LogP contribution in [0.2, 0.25) is 0 Å². The second-order valence-electron chi connectivity index (χ2n) is 7.70. The first-order chi connectivity index (χ1) is 12.8. The number of sulfonamides is 1. The van der Waals surface area contributed by atoms with E-state index in [0.717, 1.165) is 30.5 Å². The molecule has 0 aromatic heterocycles. The molecular weight excluding hydrogens is 364 g/mol. The quantitative estimate of drug-likeness (QED) is 0.770. The lowest BCUT2D eigenvalue weighted by atomic mass is 9.86. The molecule has 2 heterocycles. The molecule has 3 rings (SSSR count). The average molecular weight is 395 g/mol. The summed E-state index contributed by atoms with van der Waals surface area (Å²) in [5.41, 5.74) is 0.936. The number of rotatable bonds is 5. The first-order valence-corrected chi connectivity index (χ1v) is 11.2. The van der Waals surface area contributed by atoms with Crippen molar-refractivity contribution in [2.24, 2.45) is 0 Å². The van der Waals surface area contributed by atoms with Gasteiger partial charge in [0.1, 0.15) is 16.2 Å². The maximum Gasteiger partial charge on any atom is 0.247 e. The van der Waals surface area contributed by atoms with Crippen molar-refractivity contribution in [3.63, 3.8) is 0 Å². The smallest absolute Gasteiger partial charge is 0.247 e. The summed E-state index contributed by atoms with van der Waals surface area (Å²) in [5.74, 6) is 0.313. The summed E-state index contributed by atoms with van der Waals surface area (Å²) in [6.45, 7) is 7.64. The van der Waals surface area contributed by atoms with Gasteiger partial charge >= 0.3 is 0 Å². The largest absolute Gasteiger partial charge is 0.495 e. The van der Waals surface area contributed by atoms with Gasteiger partial charge in [0.15, 0.2) is 0 Å². The molecule has 1 amide bonds. The van der Waals surface area contributed by atoms with E-state index in [0.29, 0.717) is 38.1 Å². The summed E-state index contributed by atoms with van der Waals surface area (Å²) in [7, 11) is -2.36. The molecule has 1 aromatic carbocycles. The van der Waals surface area contributed by atoms with Gasteiger partial charge in [0.2, 0.25) is 15.9 Å². The molecule has 2 aliphatic heterocycles. The van der Waals surface area contributed by atoms with E-state index in [1.165, 1.54) is 11.4 Å². The molecule has 2 fully saturated rings. The maximum atomic E-state index is 13.6. The van der Waals surface area contributed by atoms with Crippen LogP contribution in [0.4, 0.5) is 0 Å². The highest BCUT2D eigenvalue weighted by Gasteiger charge is 2.55. The Kier molecular flexibility index (Phi) is 5.54. The topological polar surface area (TPSA) is 66.9 Å². The number of carbonyl (C=O) groups is 1. The number of benzene rings is 1. The summed E-state index contributed by atoms with van der Waals surface area (Å²) in [5, 5.41) is 0. The summed E-state index contributed by atoms with van der Waals surface area (Å²) in [6.07, 6.45) is 3.61. The van der Waals surface area contributed by atoms with E-state index in [1.807, 2.05) is 25.7 Å². The summed E-state index contributed by atoms with van der Waals surface area (Å²) in [4.78, 5) is 15.3. The third kappa shape index (κ3) is 3.25. The lowest BCUT2D eigenvalue weighted by Crippen LogP contribution is -2.61. The molecule has 6 nitrogen and oxygen atoms in total. The highest BCUT2D eigenvalue weighted by molar-refractivity contribution is 7.89. The zero-order chi connectivity index (χ0) is 19.8. The van der Waals surface area contributed by atoms with Crippen molar-refractivity contribution in [3.8, 4) is 5.75 Å². The monoisotopic (exact) mass is 394 g/mol. The Morgan fingerprint density at radius 2 is 1.74 bits per heavy atom. The molecule has 0 bridgehead atoms. The number of aryl methyl sites for hydroxylation is 2. The van der Waals surface area contributed by atoms with Crippen molar-refractivity contribution in [3.05, 3.63) is 23.3 Å². The van der Waals surface area contributed by atoms with Crippen LogP contribution in [0.25, 0.3) is 0 Å². The number of methoxy groups -OCH3 is 1. The van der Waals surface area contributed by atoms with Crippen LogP contribution in [0.5, 0.6) is 5.75 Å². The van der Waals surface area contributed by atoms with E-state index in [-0.39, 0.29) is 10.8 Å². The van der Waals surface area contributed by atoms with Gasteiger partial charge in [-0.25, -0.2) is 8.42 Å². The van der Waals surface area contributed by atoms with Crippen molar-refractivity contribution in [2.75, 3.05) is 26.7 Å². The van der Waals surface area contributed by atoms with Crippen molar-refractivity contribution >= 4 is 15.9 Å². The van der Waals surface area contributed by atoms with Crippen molar-refractivity contribution < 1.29 is 17.9 Å². The molecule has 150 valence electrons. The highest BCUT2D eigenvalue weighted by atomic mass is 32.2. The van der Waals surface area contributed by atoms with Crippen LogP contribution >= 0.6 is 0 Å². The number of hydrogen-bond donors (Lipinski definition) is 0. The van der Waals surface area contributed by atoms with Crippen molar-refractivity contribution in [1.82, 2.24) is 9.21 Å². The SMILES string of the molecule is CCCN1CCCC2(CCCN2S(=O)(=O)c2cc(C)c(C)cc2OC)C1=O. The Hall–Kier alpha value is -1.60. The van der Waals surface area contributed by atoms with E-state index in [9.17, 15) is 13.2 Å². The lowest BCUT2D eigenvalue weighted by molar-refractivity contribution is -0.144. The molecule has 1 spiro atoms. The zero-order valence-corrected chi connectivity index (χ0v) is 17.6. The van der Waals surface area contributed by atoms with Gasteiger partial charge in [-0.2, -0.15) is 4.31 Å². The van der Waals surface area contributed by atoms with E-state index < -0.39 is 15.6 Å². The van der Waals surface area contributed by atoms with Gasteiger partial charge in [0.25, 0.3) is 0 Å². The number of nitrogens with zero attached hydrogens (tertiary/aromatic N) is 2. The Morgan fingerprint density at radius 1 is 1.11 bits per heavy atom. The third-order valence-corrected chi connectivity index (χ3v) is 7.96. The van der Waals surface area contributed by atoms with Gasteiger partial charge in [-0.15, -0.1) is 0 Å². The van der Waals surface area contributed by atoms with Crippen LogP contribution in [-0.4, -0.2) is 55.8 Å². The van der Waals surface area contributed by atoms with Crippen LogP contribution in [0.1, 0.15) is 50.2 Å². The fourth-order valence-corrected chi connectivity index (χ4v) is 6.51. The predicted octanol–water partition coefficient (Wildman–Crippen LogP) is 2.87. The van der Waals surface area contributed by atoms with Gasteiger partial charge < -0.3 is 9.64 Å². The average Bonchev–Trinajstić information content (AvgIpc) is 3.06. The minimum absolute atomic E-state index is 0.0283. The summed E-state index contributed by atoms with van der Waals surface area (Å²) in [6, 6.07) is 3.43. The number of ether oxygens (including phenoxy) is 1. The molecule has 27 heavy (non-hydrogen) atoms. The maximum absolute atomic E-state index is 13.6. The van der Waals surface area contributed by atoms with E-state index in [2.05, 4.69) is 0 Å². The summed E-state index contributed by atoms with van der Waals surface area (Å²) >= 11 is 0.